The predicted octanol–water partition coefficient (Wildman–Crippen LogP) is 6.45. The van der Waals surface area contributed by atoms with E-state index in [0.717, 1.165) is 12.8 Å². The average Bonchev–Trinajstić information content (AvgIpc) is 3.17. The molecule has 3 saturated carbocycles. The maximum absolute atomic E-state index is 14.9. The van der Waals surface area contributed by atoms with Gasteiger partial charge in [-0.2, -0.15) is 0 Å². The number of nitrogens with one attached hydrogen (secondary N) is 3. The molecule has 1 heterocycles. The SMILES string of the molecule is O=C(NC12CC3CCCC(C1)C2C3)c1cc2nc(Nc3c(Cl)cccc3Cl)[nH]c2cc1F. The third-order valence-corrected chi connectivity index (χ3v) is 8.35. The van der Waals surface area contributed by atoms with E-state index >= 15 is 0 Å². The Kier molecular flexibility index (Phi) is 4.67. The van der Waals surface area contributed by atoms with Gasteiger partial charge in [-0.05, 0) is 61.6 Å². The van der Waals surface area contributed by atoms with Gasteiger partial charge < -0.3 is 15.6 Å². The number of aromatic amines is 1. The van der Waals surface area contributed by atoms with Crippen molar-refractivity contribution in [3.63, 3.8) is 0 Å². The van der Waals surface area contributed by atoms with Crippen molar-refractivity contribution in [3.05, 3.63) is 51.8 Å². The molecule has 4 unspecified atom stereocenters. The minimum atomic E-state index is -0.563. The van der Waals surface area contributed by atoms with E-state index in [1.165, 1.54) is 37.8 Å². The van der Waals surface area contributed by atoms with Crippen LogP contribution >= 0.6 is 23.2 Å². The molecule has 6 rings (SSSR count). The highest BCUT2D eigenvalue weighted by atomic mass is 35.5. The summed E-state index contributed by atoms with van der Waals surface area (Å²) in [6, 6.07) is 8.00. The van der Waals surface area contributed by atoms with Crippen molar-refractivity contribution < 1.29 is 9.18 Å². The highest BCUT2D eigenvalue weighted by molar-refractivity contribution is 6.39. The van der Waals surface area contributed by atoms with Crippen molar-refractivity contribution in [2.24, 2.45) is 17.8 Å². The van der Waals surface area contributed by atoms with E-state index in [9.17, 15) is 9.18 Å². The van der Waals surface area contributed by atoms with Crippen LogP contribution in [0.25, 0.3) is 11.0 Å². The zero-order chi connectivity index (χ0) is 22.0. The highest BCUT2D eigenvalue weighted by Crippen LogP contribution is 2.60. The summed E-state index contributed by atoms with van der Waals surface area (Å²) in [7, 11) is 0. The lowest BCUT2D eigenvalue weighted by Gasteiger charge is -2.52. The van der Waals surface area contributed by atoms with Crippen molar-refractivity contribution in [2.45, 2.75) is 44.1 Å². The molecule has 0 saturated heterocycles. The molecule has 0 radical (unpaired) electrons. The Labute approximate surface area is 195 Å². The van der Waals surface area contributed by atoms with Crippen LogP contribution in [0.15, 0.2) is 30.3 Å². The molecule has 3 aromatic rings. The summed E-state index contributed by atoms with van der Waals surface area (Å²) < 4.78 is 14.9. The first-order valence-electron chi connectivity index (χ1n) is 11.1. The number of rotatable bonds is 4. The molecule has 3 N–H and O–H groups in total. The van der Waals surface area contributed by atoms with E-state index in [2.05, 4.69) is 20.6 Å². The Hall–Kier alpha value is -2.31. The topological polar surface area (TPSA) is 69.8 Å². The molecule has 4 atom stereocenters. The van der Waals surface area contributed by atoms with Crippen LogP contribution in [-0.4, -0.2) is 21.4 Å². The number of para-hydroxylation sites is 1. The van der Waals surface area contributed by atoms with Crippen molar-refractivity contribution in [3.8, 4) is 0 Å². The number of fused-ring (bicyclic) bond motifs is 2. The fourth-order valence-corrected chi connectivity index (χ4v) is 6.83. The van der Waals surface area contributed by atoms with Gasteiger partial charge in [0.2, 0.25) is 5.95 Å². The number of aromatic nitrogens is 2. The fourth-order valence-electron chi connectivity index (χ4n) is 6.34. The van der Waals surface area contributed by atoms with Gasteiger partial charge in [0.05, 0.1) is 32.3 Å². The second-order valence-corrected chi connectivity index (χ2v) is 10.4. The number of nitrogens with zero attached hydrogens (tertiary/aromatic N) is 1. The van der Waals surface area contributed by atoms with Gasteiger partial charge in [0, 0.05) is 11.6 Å². The van der Waals surface area contributed by atoms with Gasteiger partial charge in [0.1, 0.15) is 5.82 Å². The number of halogens is 3. The number of amides is 1. The molecular weight excluding hydrogens is 450 g/mol. The van der Waals surface area contributed by atoms with Crippen LogP contribution in [0.5, 0.6) is 0 Å². The Balaban J connectivity index is 1.26. The fraction of sp³-hybridized carbons (Fsp3) is 0.417. The summed E-state index contributed by atoms with van der Waals surface area (Å²) in [6.07, 6.45) is 7.07. The van der Waals surface area contributed by atoms with E-state index < -0.39 is 5.82 Å². The predicted molar refractivity (Wildman–Crippen MR) is 124 cm³/mol. The van der Waals surface area contributed by atoms with E-state index in [0.29, 0.717) is 50.5 Å². The molecule has 2 aromatic carbocycles. The van der Waals surface area contributed by atoms with Crippen molar-refractivity contribution in [1.82, 2.24) is 15.3 Å². The maximum atomic E-state index is 14.9. The first-order chi connectivity index (χ1) is 15.4. The zero-order valence-corrected chi connectivity index (χ0v) is 18.9. The first-order valence-corrected chi connectivity index (χ1v) is 11.9. The molecule has 8 heteroatoms. The summed E-state index contributed by atoms with van der Waals surface area (Å²) in [5.74, 6) is 1.41. The lowest BCUT2D eigenvalue weighted by molar-refractivity contribution is 0.0226. The Bertz CT molecular complexity index is 1220. The molecule has 0 aliphatic heterocycles. The van der Waals surface area contributed by atoms with Crippen molar-refractivity contribution in [2.75, 3.05) is 5.32 Å². The van der Waals surface area contributed by atoms with Crippen LogP contribution < -0.4 is 10.6 Å². The van der Waals surface area contributed by atoms with Gasteiger partial charge in [-0.15, -0.1) is 0 Å². The summed E-state index contributed by atoms with van der Waals surface area (Å²) in [4.78, 5) is 20.6. The molecule has 2 bridgehead atoms. The number of H-pyrrole nitrogens is 1. The quantitative estimate of drug-likeness (QED) is 0.408. The summed E-state index contributed by atoms with van der Waals surface area (Å²) >= 11 is 12.4. The normalized spacial score (nSPS) is 28.3. The Morgan fingerprint density at radius 2 is 2.00 bits per heavy atom. The number of hydrogen-bond donors (Lipinski definition) is 3. The van der Waals surface area contributed by atoms with E-state index in [1.807, 2.05) is 0 Å². The summed E-state index contributed by atoms with van der Waals surface area (Å²) in [6.45, 7) is 0. The van der Waals surface area contributed by atoms with E-state index in [4.69, 9.17) is 23.2 Å². The molecule has 3 fully saturated rings. The van der Waals surface area contributed by atoms with Crippen LogP contribution in [0.3, 0.4) is 0 Å². The number of benzene rings is 2. The molecule has 1 amide bonds. The molecule has 0 spiro atoms. The summed E-state index contributed by atoms with van der Waals surface area (Å²) in [5.41, 5.74) is 1.37. The molecule has 3 aliphatic rings. The molecule has 166 valence electrons. The smallest absolute Gasteiger partial charge is 0.254 e. The lowest BCUT2D eigenvalue weighted by atomic mass is 9.59. The highest BCUT2D eigenvalue weighted by Gasteiger charge is 2.60. The Morgan fingerprint density at radius 3 is 2.81 bits per heavy atom. The number of carbonyl (C=O) groups is 1. The van der Waals surface area contributed by atoms with Crippen molar-refractivity contribution in [1.29, 1.82) is 0 Å². The van der Waals surface area contributed by atoms with E-state index in [1.54, 1.807) is 18.2 Å². The van der Waals surface area contributed by atoms with Crippen LogP contribution in [-0.2, 0) is 0 Å². The van der Waals surface area contributed by atoms with E-state index in [-0.39, 0.29) is 17.0 Å². The first kappa shape index (κ1) is 20.3. The molecular formula is C24H23Cl2FN4O. The standard InChI is InChI=1S/C24H23Cl2FN4O/c25-16-5-2-6-17(26)21(16)30-23-28-19-8-14(18(27)9-20(19)29-23)22(32)31-24-10-12-3-1-4-13(11-24)15(24)7-12/h2,5-6,8-9,12-13,15H,1,3-4,7,10-11H2,(H,31,32)(H2,28,29,30). The van der Waals surface area contributed by atoms with Crippen LogP contribution in [0, 0.1) is 23.6 Å². The van der Waals surface area contributed by atoms with Crippen LogP contribution in [0.2, 0.25) is 10.0 Å². The number of hydrogen-bond acceptors (Lipinski definition) is 3. The van der Waals surface area contributed by atoms with Crippen LogP contribution in [0.1, 0.15) is 48.9 Å². The largest absolute Gasteiger partial charge is 0.346 e. The molecule has 32 heavy (non-hydrogen) atoms. The second kappa shape index (κ2) is 7.35. The van der Waals surface area contributed by atoms with Gasteiger partial charge in [-0.25, -0.2) is 9.37 Å². The van der Waals surface area contributed by atoms with Crippen LogP contribution in [0.4, 0.5) is 16.0 Å². The molecule has 1 aromatic heterocycles. The lowest BCUT2D eigenvalue weighted by Crippen LogP contribution is -2.62. The Morgan fingerprint density at radius 1 is 1.19 bits per heavy atom. The minimum Gasteiger partial charge on any atom is -0.346 e. The number of carbonyl (C=O) groups excluding carboxylic acids is 1. The average molecular weight is 473 g/mol. The van der Waals surface area contributed by atoms with Gasteiger partial charge in [0.25, 0.3) is 5.91 Å². The van der Waals surface area contributed by atoms with Gasteiger partial charge in [0.15, 0.2) is 0 Å². The third kappa shape index (κ3) is 3.19. The monoisotopic (exact) mass is 472 g/mol. The van der Waals surface area contributed by atoms with Gasteiger partial charge in [-0.3, -0.25) is 4.79 Å². The number of imidazole rings is 1. The summed E-state index contributed by atoms with van der Waals surface area (Å²) in [5, 5.41) is 7.17. The second-order valence-electron chi connectivity index (χ2n) is 9.57. The minimum absolute atomic E-state index is 0.0309. The van der Waals surface area contributed by atoms with Gasteiger partial charge in [-0.1, -0.05) is 42.1 Å². The van der Waals surface area contributed by atoms with Crippen molar-refractivity contribution >= 4 is 51.8 Å². The maximum Gasteiger partial charge on any atom is 0.254 e. The number of anilines is 2. The molecule has 5 nitrogen and oxygen atoms in total. The van der Waals surface area contributed by atoms with Gasteiger partial charge >= 0.3 is 0 Å². The molecule has 3 aliphatic carbocycles. The zero-order valence-electron chi connectivity index (χ0n) is 17.4. The third-order valence-electron chi connectivity index (χ3n) is 7.72.